The molecule has 0 atom stereocenters. The third kappa shape index (κ3) is 2.85. The fourth-order valence-corrected chi connectivity index (χ4v) is 3.61. The zero-order valence-electron chi connectivity index (χ0n) is 12.5. The number of rotatable bonds is 4. The van der Waals surface area contributed by atoms with Gasteiger partial charge in [-0.05, 0) is 36.1 Å². The number of hydrogen-bond donors (Lipinski definition) is 0. The van der Waals surface area contributed by atoms with Crippen molar-refractivity contribution < 1.29 is 26.0 Å². The first-order valence-electron chi connectivity index (χ1n) is 6.94. The molecule has 0 amide bonds. The summed E-state index contributed by atoms with van der Waals surface area (Å²) in [6.07, 6.45) is 0.328. The average molecular weight is 346 g/mol. The quantitative estimate of drug-likeness (QED) is 0.778. The Bertz CT molecular complexity index is 795. The third-order valence-electron chi connectivity index (χ3n) is 3.59. The van der Waals surface area contributed by atoms with Gasteiger partial charge in [0, 0.05) is 0 Å². The highest BCUT2D eigenvalue weighted by Crippen LogP contribution is 2.30. The van der Waals surface area contributed by atoms with Gasteiger partial charge in [0.15, 0.2) is 23.3 Å². The summed E-state index contributed by atoms with van der Waals surface area (Å²) in [7, 11) is -4.73. The summed E-state index contributed by atoms with van der Waals surface area (Å²) in [6.45, 7) is 3.15. The van der Waals surface area contributed by atoms with Gasteiger partial charge >= 0.3 is 0 Å². The van der Waals surface area contributed by atoms with E-state index in [1.165, 1.54) is 0 Å². The fourth-order valence-electron chi connectivity index (χ4n) is 2.22. The van der Waals surface area contributed by atoms with E-state index in [1.807, 2.05) is 0 Å². The molecule has 2 aromatic carbocycles. The lowest BCUT2D eigenvalue weighted by atomic mass is 10.1. The van der Waals surface area contributed by atoms with Gasteiger partial charge < -0.3 is 0 Å². The maximum atomic E-state index is 14.0. The predicted octanol–water partition coefficient (Wildman–Crippen LogP) is 4.20. The van der Waals surface area contributed by atoms with Crippen molar-refractivity contribution in [3.63, 3.8) is 0 Å². The van der Waals surface area contributed by atoms with Crippen LogP contribution in [0.15, 0.2) is 34.1 Å². The van der Waals surface area contributed by atoms with Crippen LogP contribution < -0.4 is 0 Å². The molecule has 23 heavy (non-hydrogen) atoms. The van der Waals surface area contributed by atoms with Crippen LogP contribution >= 0.6 is 0 Å². The minimum Gasteiger partial charge on any atom is -0.218 e. The van der Waals surface area contributed by atoms with E-state index in [2.05, 4.69) is 0 Å². The lowest BCUT2D eigenvalue weighted by Gasteiger charge is -2.11. The van der Waals surface area contributed by atoms with Crippen LogP contribution in [0.1, 0.15) is 25.0 Å². The molecule has 0 aliphatic rings. The zero-order valence-corrected chi connectivity index (χ0v) is 13.3. The summed E-state index contributed by atoms with van der Waals surface area (Å²) >= 11 is 0. The Balaban J connectivity index is 2.69. The average Bonchev–Trinajstić information content (AvgIpc) is 2.52. The summed E-state index contributed by atoms with van der Waals surface area (Å²) in [6, 6.07) is 3.94. The summed E-state index contributed by atoms with van der Waals surface area (Å²) < 4.78 is 80.4. The van der Waals surface area contributed by atoms with Gasteiger partial charge in [-0.15, -0.1) is 0 Å². The maximum absolute atomic E-state index is 14.0. The van der Waals surface area contributed by atoms with Crippen molar-refractivity contribution in [1.82, 2.24) is 0 Å². The number of benzene rings is 2. The SMILES string of the molecule is CCc1ccc(S(=O)(=O)c2ccc(CC)c(F)c2F)c(F)c1F. The lowest BCUT2D eigenvalue weighted by Crippen LogP contribution is -2.11. The highest BCUT2D eigenvalue weighted by molar-refractivity contribution is 7.91. The van der Waals surface area contributed by atoms with Crippen molar-refractivity contribution in [2.24, 2.45) is 0 Å². The normalized spacial score (nSPS) is 11.7. The van der Waals surface area contributed by atoms with Crippen LogP contribution in [-0.2, 0) is 22.7 Å². The van der Waals surface area contributed by atoms with Gasteiger partial charge in [-0.25, -0.2) is 26.0 Å². The van der Waals surface area contributed by atoms with Crippen molar-refractivity contribution in [2.75, 3.05) is 0 Å². The van der Waals surface area contributed by atoms with Crippen molar-refractivity contribution in [2.45, 2.75) is 36.5 Å². The molecule has 124 valence electrons. The van der Waals surface area contributed by atoms with E-state index in [1.54, 1.807) is 13.8 Å². The first-order valence-corrected chi connectivity index (χ1v) is 8.42. The van der Waals surface area contributed by atoms with Crippen molar-refractivity contribution >= 4 is 9.84 Å². The molecule has 0 aliphatic carbocycles. The number of sulfone groups is 1. The Morgan fingerprint density at radius 1 is 0.696 bits per heavy atom. The summed E-state index contributed by atoms with van der Waals surface area (Å²) in [5, 5.41) is 0. The molecule has 0 N–H and O–H groups in total. The Morgan fingerprint density at radius 3 is 1.35 bits per heavy atom. The van der Waals surface area contributed by atoms with Gasteiger partial charge in [0.2, 0.25) is 9.84 Å². The molecule has 0 unspecified atom stereocenters. The van der Waals surface area contributed by atoms with Crippen LogP contribution in [0, 0.1) is 23.3 Å². The van der Waals surface area contributed by atoms with Gasteiger partial charge in [-0.2, -0.15) is 0 Å². The highest BCUT2D eigenvalue weighted by Gasteiger charge is 2.29. The van der Waals surface area contributed by atoms with E-state index >= 15 is 0 Å². The van der Waals surface area contributed by atoms with E-state index in [0.717, 1.165) is 24.3 Å². The summed E-state index contributed by atoms with van der Waals surface area (Å²) in [5.41, 5.74) is -0.0103. The van der Waals surface area contributed by atoms with Crippen molar-refractivity contribution in [1.29, 1.82) is 0 Å². The Kier molecular flexibility index (Phi) is 4.79. The van der Waals surface area contributed by atoms with Crippen molar-refractivity contribution in [3.05, 3.63) is 58.7 Å². The van der Waals surface area contributed by atoms with Crippen LogP contribution in [0.25, 0.3) is 0 Å². The molecule has 2 rings (SSSR count). The molecule has 0 radical (unpaired) electrons. The molecule has 0 aromatic heterocycles. The van der Waals surface area contributed by atoms with Crippen LogP contribution in [0.5, 0.6) is 0 Å². The molecule has 0 saturated carbocycles. The second-order valence-electron chi connectivity index (χ2n) is 4.91. The van der Waals surface area contributed by atoms with Gasteiger partial charge in [0.25, 0.3) is 0 Å². The molecule has 0 bridgehead atoms. The monoisotopic (exact) mass is 346 g/mol. The zero-order chi connectivity index (χ0) is 17.4. The van der Waals surface area contributed by atoms with Crippen LogP contribution in [0.4, 0.5) is 17.6 Å². The standard InChI is InChI=1S/C16H14F4O2S/c1-3-9-5-7-11(15(19)13(9)17)23(21,22)12-8-6-10(4-2)14(18)16(12)20/h5-8H,3-4H2,1-2H3. The van der Waals surface area contributed by atoms with E-state index in [4.69, 9.17) is 0 Å². The first kappa shape index (κ1) is 17.5. The predicted molar refractivity (Wildman–Crippen MR) is 76.9 cm³/mol. The topological polar surface area (TPSA) is 34.1 Å². The summed E-state index contributed by atoms with van der Waals surface area (Å²) in [4.78, 5) is -2.04. The smallest absolute Gasteiger partial charge is 0.212 e. The largest absolute Gasteiger partial charge is 0.218 e. The maximum Gasteiger partial charge on any atom is 0.212 e. The molecule has 0 heterocycles. The molecule has 0 saturated heterocycles. The second kappa shape index (κ2) is 6.31. The molecule has 2 nitrogen and oxygen atoms in total. The van der Waals surface area contributed by atoms with Gasteiger partial charge in [0.05, 0.1) is 0 Å². The summed E-state index contributed by atoms with van der Waals surface area (Å²) in [5.74, 6) is -5.80. The molecule has 0 spiro atoms. The molecular weight excluding hydrogens is 332 g/mol. The number of halogens is 4. The number of hydrogen-bond acceptors (Lipinski definition) is 2. The van der Waals surface area contributed by atoms with E-state index in [0.29, 0.717) is 0 Å². The highest BCUT2D eigenvalue weighted by atomic mass is 32.2. The Morgan fingerprint density at radius 2 is 1.04 bits per heavy atom. The Hall–Kier alpha value is -1.89. The van der Waals surface area contributed by atoms with Gasteiger partial charge in [-0.3, -0.25) is 0 Å². The lowest BCUT2D eigenvalue weighted by molar-refractivity contribution is 0.468. The van der Waals surface area contributed by atoms with Crippen molar-refractivity contribution in [3.8, 4) is 0 Å². The van der Waals surface area contributed by atoms with Crippen LogP contribution in [0.3, 0.4) is 0 Å². The molecular formula is C16H14F4O2S. The van der Waals surface area contributed by atoms with Crippen LogP contribution in [-0.4, -0.2) is 8.42 Å². The van der Waals surface area contributed by atoms with E-state index < -0.39 is 42.9 Å². The van der Waals surface area contributed by atoms with Gasteiger partial charge in [0.1, 0.15) is 9.79 Å². The second-order valence-corrected chi connectivity index (χ2v) is 6.80. The third-order valence-corrected chi connectivity index (χ3v) is 5.38. The molecule has 7 heteroatoms. The minimum atomic E-state index is -4.73. The Labute approximate surface area is 131 Å². The molecule has 0 fully saturated rings. The molecule has 2 aromatic rings. The number of aryl methyl sites for hydroxylation is 2. The van der Waals surface area contributed by atoms with Crippen LogP contribution in [0.2, 0.25) is 0 Å². The fraction of sp³-hybridized carbons (Fsp3) is 0.250. The van der Waals surface area contributed by atoms with E-state index in [9.17, 15) is 26.0 Å². The van der Waals surface area contributed by atoms with Gasteiger partial charge in [-0.1, -0.05) is 26.0 Å². The van der Waals surface area contributed by atoms with E-state index in [-0.39, 0.29) is 24.0 Å². The first-order chi connectivity index (χ1) is 10.8. The molecule has 0 aliphatic heterocycles. The minimum absolute atomic E-state index is 0.00515.